The summed E-state index contributed by atoms with van der Waals surface area (Å²) in [5, 5.41) is 0.990. The normalized spacial score (nSPS) is 19.7. The van der Waals surface area contributed by atoms with Gasteiger partial charge in [-0.2, -0.15) is 0 Å². The first-order valence-corrected chi connectivity index (χ1v) is 8.76. The second-order valence-electron chi connectivity index (χ2n) is 7.41. The van der Waals surface area contributed by atoms with Crippen LogP contribution < -0.4 is 0 Å². The van der Waals surface area contributed by atoms with Crippen molar-refractivity contribution >= 4 is 28.9 Å². The SMILES string of the molecule is Cc1nc2c(s1)CC1(CCN(C(=O)OC(C)(C)C)CC1)C2=C=O. The fourth-order valence-electron chi connectivity index (χ4n) is 3.46. The first kappa shape index (κ1) is 16.2. The maximum absolute atomic E-state index is 12.2. The Morgan fingerprint density at radius 1 is 1.35 bits per heavy atom. The highest BCUT2D eigenvalue weighted by Gasteiger charge is 2.47. The molecule has 0 bridgehead atoms. The summed E-state index contributed by atoms with van der Waals surface area (Å²) in [5.41, 5.74) is 0.871. The van der Waals surface area contributed by atoms with Gasteiger partial charge in [-0.15, -0.1) is 11.3 Å². The molecule has 0 atom stereocenters. The first-order valence-electron chi connectivity index (χ1n) is 7.94. The van der Waals surface area contributed by atoms with Crippen LogP contribution in [-0.2, 0) is 16.0 Å². The smallest absolute Gasteiger partial charge is 0.410 e. The number of rotatable bonds is 0. The van der Waals surface area contributed by atoms with Crippen LogP contribution in [0, 0.1) is 12.3 Å². The number of allylic oxidation sites excluding steroid dienone is 1. The van der Waals surface area contributed by atoms with E-state index in [4.69, 9.17) is 4.74 Å². The van der Waals surface area contributed by atoms with Crippen LogP contribution in [-0.4, -0.2) is 40.6 Å². The van der Waals surface area contributed by atoms with E-state index in [2.05, 4.69) is 10.9 Å². The van der Waals surface area contributed by atoms with Crippen LogP contribution in [0.15, 0.2) is 0 Å². The quantitative estimate of drug-likeness (QED) is 0.683. The molecule has 0 unspecified atom stereocenters. The van der Waals surface area contributed by atoms with Crippen LogP contribution in [0.1, 0.15) is 49.2 Å². The molecule has 3 rings (SSSR count). The van der Waals surface area contributed by atoms with Crippen molar-refractivity contribution in [2.75, 3.05) is 13.1 Å². The van der Waals surface area contributed by atoms with Crippen LogP contribution in [0.4, 0.5) is 4.79 Å². The number of nitrogens with zero attached hydrogens (tertiary/aromatic N) is 2. The Kier molecular flexibility index (Phi) is 3.85. The zero-order chi connectivity index (χ0) is 16.8. The van der Waals surface area contributed by atoms with Crippen molar-refractivity contribution in [3.8, 4) is 0 Å². The number of aryl methyl sites for hydroxylation is 1. The minimum Gasteiger partial charge on any atom is -0.444 e. The number of carbonyl (C=O) groups excluding carboxylic acids is 2. The number of aromatic nitrogens is 1. The third-order valence-electron chi connectivity index (χ3n) is 4.54. The van der Waals surface area contributed by atoms with Crippen molar-refractivity contribution in [1.29, 1.82) is 0 Å². The summed E-state index contributed by atoms with van der Waals surface area (Å²) in [5.74, 6) is 2.15. The number of ether oxygens (including phenoxy) is 1. The van der Waals surface area contributed by atoms with Crippen LogP contribution in [0.5, 0.6) is 0 Å². The molecule has 2 aliphatic rings. The molecule has 5 nitrogen and oxygen atoms in total. The van der Waals surface area contributed by atoms with Crippen molar-refractivity contribution < 1.29 is 14.3 Å². The number of piperidine rings is 1. The lowest BCUT2D eigenvalue weighted by Gasteiger charge is -2.39. The molecule has 1 saturated heterocycles. The first-order chi connectivity index (χ1) is 10.7. The summed E-state index contributed by atoms with van der Waals surface area (Å²) in [6.45, 7) is 8.77. The third kappa shape index (κ3) is 2.93. The van der Waals surface area contributed by atoms with Crippen molar-refractivity contribution in [2.45, 2.75) is 52.6 Å². The zero-order valence-electron chi connectivity index (χ0n) is 14.1. The van der Waals surface area contributed by atoms with Gasteiger partial charge in [0.25, 0.3) is 0 Å². The van der Waals surface area contributed by atoms with Crippen LogP contribution >= 0.6 is 11.3 Å². The largest absolute Gasteiger partial charge is 0.444 e. The Balaban J connectivity index is 1.73. The van der Waals surface area contributed by atoms with Gasteiger partial charge in [0.05, 0.1) is 16.3 Å². The number of fused-ring (bicyclic) bond motifs is 1. The van der Waals surface area contributed by atoms with Gasteiger partial charge < -0.3 is 9.64 Å². The summed E-state index contributed by atoms with van der Waals surface area (Å²) in [6.07, 6.45) is 2.10. The van der Waals surface area contributed by atoms with E-state index < -0.39 is 5.60 Å². The number of hydrogen-bond acceptors (Lipinski definition) is 5. The molecule has 1 fully saturated rings. The zero-order valence-corrected chi connectivity index (χ0v) is 14.9. The van der Waals surface area contributed by atoms with Crippen molar-refractivity contribution in [3.05, 3.63) is 15.6 Å². The third-order valence-corrected chi connectivity index (χ3v) is 5.52. The summed E-state index contributed by atoms with van der Waals surface area (Å²) in [4.78, 5) is 31.2. The highest BCUT2D eigenvalue weighted by molar-refractivity contribution is 7.11. The number of likely N-dealkylation sites (tertiary alicyclic amines) is 1. The molecule has 1 aromatic rings. The standard InChI is InChI=1S/C17H22N2O3S/c1-11-18-14-12(10-20)17(9-13(14)23-11)5-7-19(8-6-17)15(21)22-16(2,3)4/h5-9H2,1-4H3. The molecule has 0 saturated carbocycles. The lowest BCUT2D eigenvalue weighted by Crippen LogP contribution is -2.45. The Morgan fingerprint density at radius 3 is 2.57 bits per heavy atom. The Labute approximate surface area is 140 Å². The van der Waals surface area contributed by atoms with E-state index in [9.17, 15) is 9.59 Å². The second kappa shape index (κ2) is 5.46. The number of carbonyl (C=O) groups is 1. The van der Waals surface area contributed by atoms with Gasteiger partial charge in [-0.3, -0.25) is 0 Å². The van der Waals surface area contributed by atoms with E-state index in [1.165, 1.54) is 4.88 Å². The van der Waals surface area contributed by atoms with E-state index in [0.29, 0.717) is 18.7 Å². The molecule has 0 radical (unpaired) electrons. The molecule has 23 heavy (non-hydrogen) atoms. The van der Waals surface area contributed by atoms with Crippen LogP contribution in [0.2, 0.25) is 0 Å². The average Bonchev–Trinajstić information content (AvgIpc) is 2.90. The molecular weight excluding hydrogens is 312 g/mol. The fraction of sp³-hybridized carbons (Fsp3) is 0.647. The number of hydrogen-bond donors (Lipinski definition) is 0. The summed E-state index contributed by atoms with van der Waals surface area (Å²) in [7, 11) is 0. The van der Waals surface area contributed by atoms with Crippen molar-refractivity contribution in [3.63, 3.8) is 0 Å². The minimum atomic E-state index is -0.487. The van der Waals surface area contributed by atoms with Gasteiger partial charge in [-0.1, -0.05) is 0 Å². The van der Waals surface area contributed by atoms with Gasteiger partial charge >= 0.3 is 6.09 Å². The Morgan fingerprint density at radius 2 is 2.00 bits per heavy atom. The van der Waals surface area contributed by atoms with Crippen LogP contribution in [0.25, 0.3) is 5.57 Å². The van der Waals surface area contributed by atoms with Gasteiger partial charge in [0, 0.05) is 23.4 Å². The fourth-order valence-corrected chi connectivity index (χ4v) is 4.54. The van der Waals surface area contributed by atoms with Gasteiger partial charge in [-0.25, -0.2) is 14.6 Å². The molecular formula is C17H22N2O3S. The molecule has 1 aliphatic carbocycles. The lowest BCUT2D eigenvalue weighted by atomic mass is 9.74. The molecule has 1 aliphatic heterocycles. The Bertz CT molecular complexity index is 687. The average molecular weight is 334 g/mol. The maximum Gasteiger partial charge on any atom is 0.410 e. The monoisotopic (exact) mass is 334 g/mol. The van der Waals surface area contributed by atoms with Gasteiger partial charge in [-0.05, 0) is 47.0 Å². The highest BCUT2D eigenvalue weighted by atomic mass is 32.1. The topological polar surface area (TPSA) is 59.5 Å². The molecule has 1 amide bonds. The summed E-state index contributed by atoms with van der Waals surface area (Å²) < 4.78 is 5.44. The number of amides is 1. The lowest BCUT2D eigenvalue weighted by molar-refractivity contribution is 0.0154. The van der Waals surface area contributed by atoms with E-state index in [-0.39, 0.29) is 11.5 Å². The minimum absolute atomic E-state index is 0.192. The molecule has 6 heteroatoms. The predicted octanol–water partition coefficient (Wildman–Crippen LogP) is 3.24. The van der Waals surface area contributed by atoms with E-state index >= 15 is 0 Å². The van der Waals surface area contributed by atoms with Crippen LogP contribution in [0.3, 0.4) is 0 Å². The molecule has 1 aromatic heterocycles. The maximum atomic E-state index is 12.2. The Hall–Kier alpha value is -1.65. The summed E-state index contributed by atoms with van der Waals surface area (Å²) >= 11 is 1.66. The second-order valence-corrected chi connectivity index (χ2v) is 8.69. The molecule has 2 heterocycles. The van der Waals surface area contributed by atoms with Gasteiger partial charge in [0.2, 0.25) is 0 Å². The predicted molar refractivity (Wildman–Crippen MR) is 89.1 cm³/mol. The van der Waals surface area contributed by atoms with Crippen molar-refractivity contribution in [2.24, 2.45) is 5.41 Å². The van der Waals surface area contributed by atoms with Gasteiger partial charge in [0.1, 0.15) is 11.5 Å². The summed E-state index contributed by atoms with van der Waals surface area (Å²) in [6, 6.07) is 0. The highest BCUT2D eigenvalue weighted by Crippen LogP contribution is 2.52. The van der Waals surface area contributed by atoms with Crippen molar-refractivity contribution in [1.82, 2.24) is 9.88 Å². The molecule has 1 spiro atoms. The number of thiazole rings is 1. The van der Waals surface area contributed by atoms with E-state index in [0.717, 1.165) is 30.0 Å². The van der Waals surface area contributed by atoms with Gasteiger partial charge in [0.15, 0.2) is 0 Å². The molecule has 124 valence electrons. The molecule has 0 aromatic carbocycles. The molecule has 0 N–H and O–H groups in total. The van der Waals surface area contributed by atoms with E-state index in [1.54, 1.807) is 16.2 Å². The van der Waals surface area contributed by atoms with E-state index in [1.807, 2.05) is 27.7 Å².